The summed E-state index contributed by atoms with van der Waals surface area (Å²) in [4.78, 5) is 43.7. The average molecular weight is 408 g/mol. The first-order valence-electron chi connectivity index (χ1n) is 9.07. The lowest BCUT2D eigenvalue weighted by molar-refractivity contribution is -0.139. The van der Waals surface area contributed by atoms with Crippen LogP contribution in [-0.2, 0) is 19.2 Å². The molecule has 0 fully saturated rings. The number of carbonyl (C=O) groups excluding carboxylic acids is 2. The van der Waals surface area contributed by atoms with E-state index in [9.17, 15) is 19.2 Å². The number of thiol groups is 1. The van der Waals surface area contributed by atoms with E-state index >= 15 is 0 Å². The molecule has 0 aromatic carbocycles. The molecule has 0 rings (SSSR count). The minimum atomic E-state index is -1.22. The molecule has 0 spiro atoms. The molecule has 6 N–H and O–H groups in total. The largest absolute Gasteiger partial charge is 0.480 e. The Labute approximate surface area is 165 Å². The first-order valence-corrected chi connectivity index (χ1v) is 9.70. The molecule has 0 bridgehead atoms. The van der Waals surface area contributed by atoms with E-state index in [4.69, 9.17) is 15.9 Å². The lowest BCUT2D eigenvalue weighted by atomic mass is 10.1. The Bertz CT molecular complexity index is 458. The molecule has 158 valence electrons. The Balaban J connectivity index is 0. The summed E-state index contributed by atoms with van der Waals surface area (Å²) in [5.41, 5.74) is 5.23. The second-order valence-electron chi connectivity index (χ2n) is 5.96. The van der Waals surface area contributed by atoms with Crippen LogP contribution in [0, 0.1) is 0 Å². The summed E-state index contributed by atoms with van der Waals surface area (Å²) >= 11 is 3.87. The summed E-state index contributed by atoms with van der Waals surface area (Å²) in [6, 6.07) is -2.15. The molecule has 0 saturated carbocycles. The average Bonchev–Trinajstić information content (AvgIpc) is 2.62. The van der Waals surface area contributed by atoms with Crippen LogP contribution >= 0.6 is 12.6 Å². The second kappa shape index (κ2) is 17.6. The van der Waals surface area contributed by atoms with Crippen molar-refractivity contribution in [3.63, 3.8) is 0 Å². The molecule has 0 aliphatic rings. The minimum Gasteiger partial charge on any atom is -0.480 e. The number of nitrogens with two attached hydrogens (primary N) is 1. The molecule has 0 aliphatic heterocycles. The van der Waals surface area contributed by atoms with Crippen LogP contribution in [0.25, 0.3) is 0 Å². The number of rotatable bonds is 13. The number of carboxylic acid groups (broad SMARTS) is 2. The molecule has 2 unspecified atom stereocenters. The fourth-order valence-corrected chi connectivity index (χ4v) is 2.09. The third-order valence-corrected chi connectivity index (χ3v) is 3.82. The number of aliphatic carboxylic acids is 2. The van der Waals surface area contributed by atoms with E-state index in [0.29, 0.717) is 0 Å². The maximum atomic E-state index is 11.5. The van der Waals surface area contributed by atoms with Crippen LogP contribution in [0.1, 0.15) is 58.8 Å². The Hall–Kier alpha value is -1.81. The van der Waals surface area contributed by atoms with Gasteiger partial charge >= 0.3 is 11.9 Å². The number of carbonyl (C=O) groups is 4. The number of hydrogen-bond acceptors (Lipinski definition) is 6. The van der Waals surface area contributed by atoms with E-state index in [0.717, 1.165) is 0 Å². The van der Waals surface area contributed by atoms with Gasteiger partial charge in [-0.15, -0.1) is 0 Å². The van der Waals surface area contributed by atoms with Crippen molar-refractivity contribution < 1.29 is 29.4 Å². The smallest absolute Gasteiger partial charge is 0.322 e. The van der Waals surface area contributed by atoms with Crippen LogP contribution < -0.4 is 16.4 Å². The molecular weight excluding hydrogens is 374 g/mol. The highest BCUT2D eigenvalue weighted by Gasteiger charge is 2.20. The van der Waals surface area contributed by atoms with Crippen LogP contribution in [0.15, 0.2) is 0 Å². The van der Waals surface area contributed by atoms with Crippen molar-refractivity contribution >= 4 is 36.4 Å². The van der Waals surface area contributed by atoms with Gasteiger partial charge in [0.2, 0.25) is 11.8 Å². The van der Waals surface area contributed by atoms with Crippen LogP contribution in [-0.4, -0.2) is 58.3 Å². The van der Waals surface area contributed by atoms with E-state index in [2.05, 4.69) is 37.1 Å². The second-order valence-corrected chi connectivity index (χ2v) is 6.32. The number of carboxylic acids is 2. The van der Waals surface area contributed by atoms with Crippen molar-refractivity contribution in [2.75, 3.05) is 12.3 Å². The molecular formula is C17H33N3O6S. The zero-order valence-electron chi connectivity index (χ0n) is 16.1. The Morgan fingerprint density at radius 2 is 1.59 bits per heavy atom. The molecule has 9 nitrogen and oxygen atoms in total. The van der Waals surface area contributed by atoms with Gasteiger partial charge in [0.05, 0.1) is 0 Å². The third-order valence-electron chi connectivity index (χ3n) is 3.45. The Morgan fingerprint density at radius 1 is 1.04 bits per heavy atom. The molecule has 10 heteroatoms. The fraction of sp³-hybridized carbons (Fsp3) is 0.765. The van der Waals surface area contributed by atoms with Crippen molar-refractivity contribution in [3.05, 3.63) is 0 Å². The van der Waals surface area contributed by atoms with E-state index in [1.165, 1.54) is 32.1 Å². The number of nitrogens with one attached hydrogen (secondary N) is 2. The maximum absolute atomic E-state index is 11.5. The van der Waals surface area contributed by atoms with Gasteiger partial charge in [0.15, 0.2) is 0 Å². The van der Waals surface area contributed by atoms with Crippen molar-refractivity contribution in [2.45, 2.75) is 70.9 Å². The van der Waals surface area contributed by atoms with E-state index in [1.807, 2.05) is 0 Å². The van der Waals surface area contributed by atoms with Crippen molar-refractivity contribution in [2.24, 2.45) is 5.73 Å². The van der Waals surface area contributed by atoms with Gasteiger partial charge < -0.3 is 26.6 Å². The lowest BCUT2D eigenvalue weighted by Gasteiger charge is -2.16. The SMILES string of the molecule is CCCCCCC.NC(CCC(=O)NC(CS)C(=O)NCC(=O)O)C(=O)O. The highest BCUT2D eigenvalue weighted by atomic mass is 32.1. The number of hydrogen-bond donors (Lipinski definition) is 6. The molecule has 2 atom stereocenters. The quantitative estimate of drug-likeness (QED) is 0.194. The first-order chi connectivity index (χ1) is 12.7. The number of amides is 2. The Kier molecular flexibility index (Phi) is 17.9. The summed E-state index contributed by atoms with van der Waals surface area (Å²) in [6.45, 7) is 3.92. The molecule has 0 aromatic heterocycles. The molecule has 0 aromatic rings. The van der Waals surface area contributed by atoms with Crippen LogP contribution in [0.4, 0.5) is 0 Å². The van der Waals surface area contributed by atoms with Crippen LogP contribution in [0.3, 0.4) is 0 Å². The van der Waals surface area contributed by atoms with Crippen molar-refractivity contribution in [1.82, 2.24) is 10.6 Å². The highest BCUT2D eigenvalue weighted by molar-refractivity contribution is 7.80. The van der Waals surface area contributed by atoms with Gasteiger partial charge in [-0.25, -0.2) is 0 Å². The molecule has 0 aliphatic carbocycles. The summed E-state index contributed by atoms with van der Waals surface area (Å²) < 4.78 is 0. The minimum absolute atomic E-state index is 0.0256. The number of unbranched alkanes of at least 4 members (excludes halogenated alkanes) is 4. The van der Waals surface area contributed by atoms with Crippen LogP contribution in [0.5, 0.6) is 0 Å². The van der Waals surface area contributed by atoms with Crippen molar-refractivity contribution in [1.29, 1.82) is 0 Å². The third kappa shape index (κ3) is 17.4. The lowest BCUT2D eigenvalue weighted by Crippen LogP contribution is -2.49. The molecule has 0 saturated heterocycles. The van der Waals surface area contributed by atoms with Crippen molar-refractivity contribution in [3.8, 4) is 0 Å². The summed E-state index contributed by atoms with van der Waals surface area (Å²) in [7, 11) is 0. The fourth-order valence-electron chi connectivity index (χ4n) is 1.83. The van der Waals surface area contributed by atoms with Gasteiger partial charge in [-0.05, 0) is 6.42 Å². The van der Waals surface area contributed by atoms with Gasteiger partial charge in [0.25, 0.3) is 0 Å². The zero-order chi connectivity index (χ0) is 21.2. The van der Waals surface area contributed by atoms with Gasteiger partial charge in [-0.2, -0.15) is 12.6 Å². The van der Waals surface area contributed by atoms with Gasteiger partial charge in [-0.3, -0.25) is 19.2 Å². The van der Waals surface area contributed by atoms with E-state index in [1.54, 1.807) is 0 Å². The Morgan fingerprint density at radius 3 is 2.00 bits per heavy atom. The summed E-state index contributed by atoms with van der Waals surface area (Å²) in [6.07, 6.45) is 6.77. The standard InChI is InChI=1S/C10H17N3O6S.C7H16/c11-5(10(18)19)1-2-7(14)13-6(4-20)9(17)12-3-8(15)16;1-3-5-7-6-4-2/h5-6,20H,1-4,11H2,(H,12,17)(H,13,14)(H,15,16)(H,18,19);3-7H2,1-2H3. The normalized spacial score (nSPS) is 12.1. The molecule has 2 amide bonds. The van der Waals surface area contributed by atoms with Gasteiger partial charge in [-0.1, -0.05) is 46.0 Å². The molecule has 27 heavy (non-hydrogen) atoms. The van der Waals surface area contributed by atoms with Gasteiger partial charge in [0.1, 0.15) is 18.6 Å². The highest BCUT2D eigenvalue weighted by Crippen LogP contribution is 2.00. The summed E-state index contributed by atoms with van der Waals surface area (Å²) in [5, 5.41) is 21.4. The molecule has 0 radical (unpaired) electrons. The zero-order valence-corrected chi connectivity index (χ0v) is 17.0. The summed E-state index contributed by atoms with van der Waals surface area (Å²) in [5.74, 6) is -3.70. The van der Waals surface area contributed by atoms with E-state index < -0.39 is 42.4 Å². The van der Waals surface area contributed by atoms with E-state index in [-0.39, 0.29) is 18.6 Å². The van der Waals surface area contributed by atoms with Crippen LogP contribution in [0.2, 0.25) is 0 Å². The first kappa shape index (κ1) is 27.4. The monoisotopic (exact) mass is 407 g/mol. The maximum Gasteiger partial charge on any atom is 0.322 e. The molecule has 0 heterocycles. The topological polar surface area (TPSA) is 159 Å². The van der Waals surface area contributed by atoms with Gasteiger partial charge in [0, 0.05) is 12.2 Å². The predicted molar refractivity (Wildman–Crippen MR) is 106 cm³/mol. The predicted octanol–water partition coefficient (Wildman–Crippen LogP) is 0.771.